The molecule has 112 valence electrons. The molecular weight excluding hydrogens is 291 g/mol. The van der Waals surface area contributed by atoms with E-state index in [4.69, 9.17) is 0 Å². The standard InChI is InChI=1S/C13H16F3NO2S/c14-13(15,16)12(19)6-7-17(9-12)11(18)5-1-3-10-4-2-8-20-10/h2,4,8,19H,1,3,5-7,9H2. The van der Waals surface area contributed by atoms with Gasteiger partial charge in [0.25, 0.3) is 0 Å². The minimum absolute atomic E-state index is 0.0339. The van der Waals surface area contributed by atoms with Crippen LogP contribution in [-0.2, 0) is 11.2 Å². The normalized spacial score (nSPS) is 23.3. The van der Waals surface area contributed by atoms with E-state index in [1.54, 1.807) is 11.3 Å². The molecule has 1 aromatic heterocycles. The van der Waals surface area contributed by atoms with Crippen molar-refractivity contribution in [2.75, 3.05) is 13.1 Å². The van der Waals surface area contributed by atoms with Gasteiger partial charge in [-0.3, -0.25) is 4.79 Å². The minimum Gasteiger partial charge on any atom is -0.379 e. The molecule has 2 heterocycles. The Morgan fingerprint density at radius 3 is 2.80 bits per heavy atom. The van der Waals surface area contributed by atoms with Crippen molar-refractivity contribution in [3.05, 3.63) is 22.4 Å². The number of carbonyl (C=O) groups excluding carboxylic acids is 1. The molecule has 0 saturated carbocycles. The Hall–Kier alpha value is -1.08. The molecule has 20 heavy (non-hydrogen) atoms. The summed E-state index contributed by atoms with van der Waals surface area (Å²) in [4.78, 5) is 14.1. The fraction of sp³-hybridized carbons (Fsp3) is 0.615. The van der Waals surface area contributed by atoms with Crippen LogP contribution in [0, 0.1) is 0 Å². The van der Waals surface area contributed by atoms with Gasteiger partial charge in [-0.15, -0.1) is 11.3 Å². The zero-order chi connectivity index (χ0) is 14.8. The van der Waals surface area contributed by atoms with E-state index in [9.17, 15) is 23.1 Å². The van der Waals surface area contributed by atoms with Gasteiger partial charge in [0.15, 0.2) is 5.60 Å². The molecule has 0 aliphatic carbocycles. The zero-order valence-electron chi connectivity index (χ0n) is 10.8. The van der Waals surface area contributed by atoms with Crippen LogP contribution in [0.25, 0.3) is 0 Å². The molecule has 1 aliphatic rings. The van der Waals surface area contributed by atoms with E-state index in [1.165, 1.54) is 0 Å². The van der Waals surface area contributed by atoms with Gasteiger partial charge >= 0.3 is 6.18 Å². The van der Waals surface area contributed by atoms with Gasteiger partial charge in [-0.1, -0.05) is 6.07 Å². The predicted molar refractivity (Wildman–Crippen MR) is 69.5 cm³/mol. The van der Waals surface area contributed by atoms with Gasteiger partial charge in [0.1, 0.15) is 0 Å². The Morgan fingerprint density at radius 2 is 2.25 bits per heavy atom. The number of hydrogen-bond donors (Lipinski definition) is 1. The molecule has 1 N–H and O–H groups in total. The van der Waals surface area contributed by atoms with Crippen molar-refractivity contribution in [1.82, 2.24) is 4.90 Å². The summed E-state index contributed by atoms with van der Waals surface area (Å²) < 4.78 is 37.9. The average molecular weight is 307 g/mol. The number of alkyl halides is 3. The Morgan fingerprint density at radius 1 is 1.50 bits per heavy atom. The number of β-amino-alcohol motifs (C(OH)–C–C–N with tert-alkyl or cyclic N) is 1. The highest BCUT2D eigenvalue weighted by atomic mass is 32.1. The first-order valence-corrected chi connectivity index (χ1v) is 7.29. The summed E-state index contributed by atoms with van der Waals surface area (Å²) in [7, 11) is 0. The van der Waals surface area contributed by atoms with Crippen LogP contribution in [0.5, 0.6) is 0 Å². The highest BCUT2D eigenvalue weighted by molar-refractivity contribution is 7.09. The fourth-order valence-electron chi connectivity index (χ4n) is 2.26. The number of nitrogens with zero attached hydrogens (tertiary/aromatic N) is 1. The third-order valence-corrected chi connectivity index (χ3v) is 4.46. The number of amides is 1. The topological polar surface area (TPSA) is 40.5 Å². The first kappa shape index (κ1) is 15.3. The SMILES string of the molecule is O=C(CCCc1cccs1)N1CCC(O)(C(F)(F)F)C1. The van der Waals surface area contributed by atoms with Crippen LogP contribution in [0.1, 0.15) is 24.1 Å². The highest BCUT2D eigenvalue weighted by Crippen LogP contribution is 2.37. The second kappa shape index (κ2) is 5.73. The number of halogens is 3. The number of likely N-dealkylation sites (tertiary alicyclic amines) is 1. The second-order valence-electron chi connectivity index (χ2n) is 5.03. The summed E-state index contributed by atoms with van der Waals surface area (Å²) in [6.45, 7) is -0.678. The summed E-state index contributed by atoms with van der Waals surface area (Å²) >= 11 is 1.60. The van der Waals surface area contributed by atoms with Gasteiger partial charge in [0, 0.05) is 24.3 Å². The zero-order valence-corrected chi connectivity index (χ0v) is 11.6. The molecule has 1 atom stereocenters. The van der Waals surface area contributed by atoms with Crippen molar-refractivity contribution in [1.29, 1.82) is 0 Å². The summed E-state index contributed by atoms with van der Waals surface area (Å²) in [6, 6.07) is 3.89. The molecule has 0 spiro atoms. The molecule has 1 amide bonds. The van der Waals surface area contributed by atoms with E-state index in [1.807, 2.05) is 17.5 Å². The lowest BCUT2D eigenvalue weighted by atomic mass is 10.0. The van der Waals surface area contributed by atoms with Gasteiger partial charge in [0.05, 0.1) is 6.54 Å². The number of rotatable bonds is 4. The summed E-state index contributed by atoms with van der Waals surface area (Å²) in [5.74, 6) is -0.318. The van der Waals surface area contributed by atoms with Crippen molar-refractivity contribution in [2.45, 2.75) is 37.5 Å². The number of carbonyl (C=O) groups is 1. The molecule has 0 radical (unpaired) electrons. The number of aliphatic hydroxyl groups is 1. The lowest BCUT2D eigenvalue weighted by molar-refractivity contribution is -0.253. The third-order valence-electron chi connectivity index (χ3n) is 3.52. The lowest BCUT2D eigenvalue weighted by Gasteiger charge is -2.25. The molecule has 1 saturated heterocycles. The molecule has 3 nitrogen and oxygen atoms in total. The third kappa shape index (κ3) is 3.32. The Labute approximate surface area is 119 Å². The molecule has 0 bridgehead atoms. The summed E-state index contributed by atoms with van der Waals surface area (Å²) in [5.41, 5.74) is -2.74. The molecule has 2 rings (SSSR count). The molecule has 1 aliphatic heterocycles. The lowest BCUT2D eigenvalue weighted by Crippen LogP contribution is -2.48. The first-order chi connectivity index (χ1) is 9.32. The maximum absolute atomic E-state index is 12.6. The van der Waals surface area contributed by atoms with Gasteiger partial charge in [-0.2, -0.15) is 13.2 Å². The first-order valence-electron chi connectivity index (χ1n) is 6.41. The Kier molecular flexibility index (Phi) is 4.39. The number of aryl methyl sites for hydroxylation is 1. The minimum atomic E-state index is -4.68. The van der Waals surface area contributed by atoms with E-state index >= 15 is 0 Å². The maximum Gasteiger partial charge on any atom is 0.419 e. The van der Waals surface area contributed by atoms with Crippen LogP contribution in [0.2, 0.25) is 0 Å². The van der Waals surface area contributed by atoms with Gasteiger partial charge in [-0.25, -0.2) is 0 Å². The smallest absolute Gasteiger partial charge is 0.379 e. The quantitative estimate of drug-likeness (QED) is 0.929. The van der Waals surface area contributed by atoms with Crippen molar-refractivity contribution >= 4 is 17.2 Å². The summed E-state index contributed by atoms with van der Waals surface area (Å²) in [6.07, 6.45) is -3.54. The molecule has 1 fully saturated rings. The largest absolute Gasteiger partial charge is 0.419 e. The van der Waals surface area contributed by atoms with Crippen LogP contribution >= 0.6 is 11.3 Å². The molecule has 0 aromatic carbocycles. The Bertz CT molecular complexity index is 461. The van der Waals surface area contributed by atoms with E-state index in [0.29, 0.717) is 6.42 Å². The Balaban J connectivity index is 1.80. The van der Waals surface area contributed by atoms with Crippen molar-refractivity contribution < 1.29 is 23.1 Å². The van der Waals surface area contributed by atoms with Gasteiger partial charge < -0.3 is 10.0 Å². The second-order valence-corrected chi connectivity index (χ2v) is 6.06. The molecule has 7 heteroatoms. The molecular formula is C13H16F3NO2S. The molecule has 1 unspecified atom stereocenters. The van der Waals surface area contributed by atoms with Crippen LogP contribution < -0.4 is 0 Å². The predicted octanol–water partition coefficient (Wildman–Crippen LogP) is 2.60. The van der Waals surface area contributed by atoms with Crippen LogP contribution in [0.4, 0.5) is 13.2 Å². The van der Waals surface area contributed by atoms with E-state index in [2.05, 4.69) is 0 Å². The number of hydrogen-bond acceptors (Lipinski definition) is 3. The van der Waals surface area contributed by atoms with Crippen molar-refractivity contribution in [3.63, 3.8) is 0 Å². The van der Waals surface area contributed by atoms with E-state index < -0.39 is 24.7 Å². The maximum atomic E-state index is 12.6. The fourth-order valence-corrected chi connectivity index (χ4v) is 3.02. The van der Waals surface area contributed by atoms with Crippen LogP contribution in [0.15, 0.2) is 17.5 Å². The van der Waals surface area contributed by atoms with Crippen molar-refractivity contribution in [2.24, 2.45) is 0 Å². The summed E-state index contributed by atoms with van der Waals surface area (Å²) in [5, 5.41) is 11.5. The van der Waals surface area contributed by atoms with Gasteiger partial charge in [-0.05, 0) is 24.3 Å². The van der Waals surface area contributed by atoms with E-state index in [0.717, 1.165) is 16.2 Å². The van der Waals surface area contributed by atoms with Crippen molar-refractivity contribution in [3.8, 4) is 0 Å². The average Bonchev–Trinajstić information content (AvgIpc) is 2.98. The van der Waals surface area contributed by atoms with E-state index in [-0.39, 0.29) is 18.9 Å². The van der Waals surface area contributed by atoms with Crippen LogP contribution in [-0.4, -0.2) is 40.8 Å². The monoisotopic (exact) mass is 307 g/mol. The van der Waals surface area contributed by atoms with Gasteiger partial charge in [0.2, 0.25) is 5.91 Å². The molecule has 1 aromatic rings. The number of thiophene rings is 1. The van der Waals surface area contributed by atoms with Crippen LogP contribution in [0.3, 0.4) is 0 Å². The highest BCUT2D eigenvalue weighted by Gasteiger charge is 2.57.